The van der Waals surface area contributed by atoms with Gasteiger partial charge in [0, 0.05) is 24.9 Å². The van der Waals surface area contributed by atoms with Crippen LogP contribution in [0, 0.1) is 11.8 Å². The molecule has 22 heavy (non-hydrogen) atoms. The fourth-order valence-corrected chi connectivity index (χ4v) is 1.57. The highest BCUT2D eigenvalue weighted by Crippen LogP contribution is 2.03. The van der Waals surface area contributed by atoms with E-state index in [9.17, 15) is 19.2 Å². The fraction of sp³-hybridized carbons (Fsp3) is 0.714. The van der Waals surface area contributed by atoms with Gasteiger partial charge in [0.15, 0.2) is 0 Å². The molecule has 0 aliphatic rings. The van der Waals surface area contributed by atoms with Crippen molar-refractivity contribution in [3.63, 3.8) is 0 Å². The summed E-state index contributed by atoms with van der Waals surface area (Å²) in [5, 5.41) is 5.21. The monoisotopic (exact) mass is 316 g/mol. The molecule has 0 aromatic carbocycles. The van der Waals surface area contributed by atoms with Crippen molar-refractivity contribution in [3.8, 4) is 0 Å². The number of methoxy groups -OCH3 is 2. The first kappa shape index (κ1) is 19.9. The van der Waals surface area contributed by atoms with Crippen molar-refractivity contribution >= 4 is 23.8 Å². The average molecular weight is 316 g/mol. The lowest BCUT2D eigenvalue weighted by molar-refractivity contribution is -0.144. The highest BCUT2D eigenvalue weighted by atomic mass is 16.5. The first-order valence-corrected chi connectivity index (χ1v) is 7.00. The molecule has 0 aliphatic carbocycles. The second-order valence-corrected chi connectivity index (χ2v) is 4.94. The summed E-state index contributed by atoms with van der Waals surface area (Å²) in [5.74, 6) is -2.48. The third-order valence-corrected chi connectivity index (χ3v) is 3.02. The maximum absolute atomic E-state index is 11.7. The Morgan fingerprint density at radius 2 is 1.09 bits per heavy atom. The smallest absolute Gasteiger partial charge is 0.306 e. The predicted octanol–water partition coefficient (Wildman–Crippen LogP) is -0.383. The summed E-state index contributed by atoms with van der Waals surface area (Å²) in [6, 6.07) is 0. The number of hydrogen-bond donors (Lipinski definition) is 2. The molecular formula is C14H24N2O6. The van der Waals surface area contributed by atoms with Crippen LogP contribution in [-0.2, 0) is 28.7 Å². The maximum Gasteiger partial charge on any atom is 0.306 e. The Kier molecular flexibility index (Phi) is 9.56. The number of hydrogen-bond acceptors (Lipinski definition) is 6. The minimum atomic E-state index is -0.499. The van der Waals surface area contributed by atoms with E-state index in [4.69, 9.17) is 0 Å². The maximum atomic E-state index is 11.7. The lowest BCUT2D eigenvalue weighted by Crippen LogP contribution is -2.39. The van der Waals surface area contributed by atoms with Gasteiger partial charge in [0.2, 0.25) is 11.8 Å². The molecule has 0 aromatic heterocycles. The molecule has 0 rings (SSSR count). The molecule has 0 heterocycles. The van der Waals surface area contributed by atoms with E-state index < -0.39 is 23.8 Å². The van der Waals surface area contributed by atoms with Crippen LogP contribution in [0.1, 0.15) is 26.7 Å². The number of amides is 2. The summed E-state index contributed by atoms with van der Waals surface area (Å²) in [7, 11) is 2.52. The van der Waals surface area contributed by atoms with Gasteiger partial charge in [-0.1, -0.05) is 13.8 Å². The molecular weight excluding hydrogens is 292 g/mol. The van der Waals surface area contributed by atoms with Gasteiger partial charge in [0.25, 0.3) is 0 Å². The van der Waals surface area contributed by atoms with Crippen molar-refractivity contribution in [1.29, 1.82) is 0 Å². The molecule has 0 radical (unpaired) electrons. The molecule has 2 unspecified atom stereocenters. The summed E-state index contributed by atoms with van der Waals surface area (Å²) in [5.41, 5.74) is 0. The van der Waals surface area contributed by atoms with E-state index in [0.717, 1.165) is 0 Å². The molecule has 0 saturated carbocycles. The molecule has 2 atom stereocenters. The van der Waals surface area contributed by atoms with E-state index in [1.54, 1.807) is 13.8 Å². The summed E-state index contributed by atoms with van der Waals surface area (Å²) in [6.07, 6.45) is 0.00963. The van der Waals surface area contributed by atoms with Crippen molar-refractivity contribution in [2.75, 3.05) is 27.3 Å². The highest BCUT2D eigenvalue weighted by molar-refractivity contribution is 5.84. The average Bonchev–Trinajstić information content (AvgIpc) is 2.50. The van der Waals surface area contributed by atoms with Crippen molar-refractivity contribution in [2.45, 2.75) is 26.7 Å². The lowest BCUT2D eigenvalue weighted by Gasteiger charge is -2.13. The fourth-order valence-electron chi connectivity index (χ4n) is 1.57. The largest absolute Gasteiger partial charge is 0.469 e. The molecule has 0 aromatic rings. The van der Waals surface area contributed by atoms with Crippen LogP contribution in [0.15, 0.2) is 0 Å². The minimum Gasteiger partial charge on any atom is -0.469 e. The van der Waals surface area contributed by atoms with Crippen LogP contribution < -0.4 is 10.6 Å². The first-order chi connectivity index (χ1) is 10.3. The van der Waals surface area contributed by atoms with Gasteiger partial charge in [0.05, 0.1) is 27.1 Å². The third-order valence-electron chi connectivity index (χ3n) is 3.02. The van der Waals surface area contributed by atoms with Crippen LogP contribution in [0.25, 0.3) is 0 Å². The van der Waals surface area contributed by atoms with Crippen molar-refractivity contribution < 1.29 is 28.7 Å². The molecule has 0 spiro atoms. The van der Waals surface area contributed by atoms with Crippen LogP contribution in [0.2, 0.25) is 0 Å². The molecule has 0 fully saturated rings. The quantitative estimate of drug-likeness (QED) is 0.443. The van der Waals surface area contributed by atoms with E-state index in [2.05, 4.69) is 20.1 Å². The Hall–Kier alpha value is -2.12. The standard InChI is InChI=1S/C14H24N2O6/c1-9(7-11(17)21-3)13(19)15-5-6-16-14(20)10(2)8-12(18)22-4/h9-10H,5-8H2,1-4H3,(H,15,19)(H,16,20). The molecule has 8 nitrogen and oxygen atoms in total. The van der Waals surface area contributed by atoms with Gasteiger partial charge in [-0.25, -0.2) is 0 Å². The second kappa shape index (κ2) is 10.6. The van der Waals surface area contributed by atoms with Crippen LogP contribution in [-0.4, -0.2) is 51.1 Å². The van der Waals surface area contributed by atoms with Gasteiger partial charge in [-0.3, -0.25) is 19.2 Å². The van der Waals surface area contributed by atoms with Gasteiger partial charge in [0.1, 0.15) is 0 Å². The van der Waals surface area contributed by atoms with E-state index >= 15 is 0 Å². The zero-order valence-corrected chi connectivity index (χ0v) is 13.4. The molecule has 2 amide bonds. The molecule has 0 aliphatic heterocycles. The number of rotatable bonds is 9. The van der Waals surface area contributed by atoms with E-state index in [0.29, 0.717) is 0 Å². The zero-order valence-electron chi connectivity index (χ0n) is 13.4. The number of carbonyl (C=O) groups excluding carboxylic acids is 4. The SMILES string of the molecule is COC(=O)CC(C)C(=O)NCCNC(=O)C(C)CC(=O)OC. The third kappa shape index (κ3) is 8.23. The summed E-state index contributed by atoms with van der Waals surface area (Å²) in [4.78, 5) is 45.4. The van der Waals surface area contributed by atoms with Crippen molar-refractivity contribution in [2.24, 2.45) is 11.8 Å². The number of carbonyl (C=O) groups is 4. The van der Waals surface area contributed by atoms with E-state index in [-0.39, 0.29) is 37.7 Å². The molecule has 8 heteroatoms. The lowest BCUT2D eigenvalue weighted by atomic mass is 10.1. The van der Waals surface area contributed by atoms with Gasteiger partial charge in [-0.15, -0.1) is 0 Å². The zero-order chi connectivity index (χ0) is 17.1. The molecule has 2 N–H and O–H groups in total. The van der Waals surface area contributed by atoms with Crippen LogP contribution in [0.5, 0.6) is 0 Å². The van der Waals surface area contributed by atoms with Crippen LogP contribution in [0.3, 0.4) is 0 Å². The van der Waals surface area contributed by atoms with Gasteiger partial charge in [-0.2, -0.15) is 0 Å². The highest BCUT2D eigenvalue weighted by Gasteiger charge is 2.18. The Labute approximate surface area is 129 Å². The Morgan fingerprint density at radius 1 is 0.773 bits per heavy atom. The van der Waals surface area contributed by atoms with Gasteiger partial charge >= 0.3 is 11.9 Å². The van der Waals surface area contributed by atoms with Crippen molar-refractivity contribution in [3.05, 3.63) is 0 Å². The summed E-state index contributed by atoms with van der Waals surface area (Å²) >= 11 is 0. The van der Waals surface area contributed by atoms with E-state index in [1.807, 2.05) is 0 Å². The topological polar surface area (TPSA) is 111 Å². The second-order valence-electron chi connectivity index (χ2n) is 4.94. The Morgan fingerprint density at radius 3 is 1.36 bits per heavy atom. The van der Waals surface area contributed by atoms with Crippen molar-refractivity contribution in [1.82, 2.24) is 10.6 Å². The number of esters is 2. The first-order valence-electron chi connectivity index (χ1n) is 7.00. The molecule has 0 saturated heterocycles. The molecule has 0 bridgehead atoms. The number of ether oxygens (including phenoxy) is 2. The van der Waals surface area contributed by atoms with Gasteiger partial charge < -0.3 is 20.1 Å². The summed E-state index contributed by atoms with van der Waals surface area (Å²) in [6.45, 7) is 3.70. The van der Waals surface area contributed by atoms with Crippen LogP contribution in [0.4, 0.5) is 0 Å². The predicted molar refractivity (Wildman–Crippen MR) is 77.6 cm³/mol. The Balaban J connectivity index is 3.92. The number of nitrogens with one attached hydrogen (secondary N) is 2. The van der Waals surface area contributed by atoms with Crippen LogP contribution >= 0.6 is 0 Å². The summed E-state index contributed by atoms with van der Waals surface area (Å²) < 4.78 is 8.96. The van der Waals surface area contributed by atoms with E-state index in [1.165, 1.54) is 14.2 Å². The molecule has 126 valence electrons. The normalized spacial score (nSPS) is 12.7. The minimum absolute atomic E-state index is 0.00482. The van der Waals surface area contributed by atoms with Gasteiger partial charge in [-0.05, 0) is 0 Å². The Bertz CT molecular complexity index is 372.